The molecule has 4 heteroatoms. The number of Topliss-reactive ketones (excluding diaryl/α,β-unsaturated/α-hetero) is 2. The Balaban J connectivity index is 3.60. The molecule has 0 atom stereocenters. The summed E-state index contributed by atoms with van der Waals surface area (Å²) < 4.78 is 8.89. The van der Waals surface area contributed by atoms with Gasteiger partial charge in [-0.25, -0.2) is 0 Å². The maximum absolute atomic E-state index is 10.6. The van der Waals surface area contributed by atoms with Crippen LogP contribution in [0.3, 0.4) is 0 Å². The average Bonchev–Trinajstić information content (AvgIpc) is 1.89. The van der Waals surface area contributed by atoms with Crippen molar-refractivity contribution < 1.29 is 19.1 Å². The van der Waals surface area contributed by atoms with Crippen LogP contribution in [-0.4, -0.2) is 39.0 Å². The van der Waals surface area contributed by atoms with Gasteiger partial charge in [-0.05, 0) is 0 Å². The molecule has 0 aliphatic heterocycles. The first kappa shape index (κ1) is 9.26. The lowest BCUT2D eigenvalue weighted by atomic mass is 10.3. The molecule has 0 aromatic carbocycles. The first-order chi connectivity index (χ1) is 4.72. The number of carbonyl (C=O) groups is 2. The van der Waals surface area contributed by atoms with E-state index < -0.39 is 11.6 Å². The van der Waals surface area contributed by atoms with Gasteiger partial charge in [0.05, 0.1) is 0 Å². The van der Waals surface area contributed by atoms with E-state index in [1.807, 2.05) is 0 Å². The van der Waals surface area contributed by atoms with E-state index in [1.165, 1.54) is 14.2 Å². The van der Waals surface area contributed by atoms with Gasteiger partial charge in [0.15, 0.2) is 0 Å². The van der Waals surface area contributed by atoms with Crippen molar-refractivity contribution in [1.82, 2.24) is 0 Å². The smallest absolute Gasteiger partial charge is 0.226 e. The molecule has 0 spiro atoms. The summed E-state index contributed by atoms with van der Waals surface area (Å²) in [4.78, 5) is 21.2. The van der Waals surface area contributed by atoms with Crippen LogP contribution >= 0.6 is 0 Å². The molecule has 0 heterocycles. The second-order valence-corrected chi connectivity index (χ2v) is 1.71. The molecule has 0 unspecified atom stereocenters. The van der Waals surface area contributed by atoms with Crippen LogP contribution in [0.25, 0.3) is 0 Å². The molecule has 4 nitrogen and oxygen atoms in total. The third-order valence-electron chi connectivity index (χ3n) is 0.862. The van der Waals surface area contributed by atoms with Gasteiger partial charge in [0.25, 0.3) is 0 Å². The molecule has 0 rings (SSSR count). The lowest BCUT2D eigenvalue weighted by molar-refractivity contribution is -0.140. The van der Waals surface area contributed by atoms with E-state index in [4.69, 9.17) is 0 Å². The Morgan fingerprint density at radius 3 is 1.50 bits per heavy atom. The molecule has 0 amide bonds. The van der Waals surface area contributed by atoms with Crippen LogP contribution in [0.15, 0.2) is 0 Å². The van der Waals surface area contributed by atoms with E-state index in [9.17, 15) is 9.59 Å². The first-order valence-corrected chi connectivity index (χ1v) is 2.76. The molecule has 0 N–H and O–H groups in total. The molecule has 0 aromatic heterocycles. The van der Waals surface area contributed by atoms with E-state index >= 15 is 0 Å². The molecule has 0 aliphatic rings. The maximum atomic E-state index is 10.6. The Kier molecular flexibility index (Phi) is 4.70. The van der Waals surface area contributed by atoms with Crippen molar-refractivity contribution in [2.45, 2.75) is 0 Å². The summed E-state index contributed by atoms with van der Waals surface area (Å²) in [6.45, 7) is -0.329. The summed E-state index contributed by atoms with van der Waals surface area (Å²) in [5.74, 6) is -1.10. The SMILES string of the molecule is COCC(=O)C(=O)COC. The molecule has 0 fully saturated rings. The zero-order chi connectivity index (χ0) is 7.98. The molecule has 0 saturated heterocycles. The van der Waals surface area contributed by atoms with Gasteiger partial charge in [0.2, 0.25) is 11.6 Å². The van der Waals surface area contributed by atoms with Crippen LogP contribution in [0.5, 0.6) is 0 Å². The normalized spacial score (nSPS) is 9.40. The second kappa shape index (κ2) is 5.08. The highest BCUT2D eigenvalue weighted by molar-refractivity contribution is 6.38. The third kappa shape index (κ3) is 3.32. The summed E-state index contributed by atoms with van der Waals surface area (Å²) in [5.41, 5.74) is 0. The Bertz CT molecular complexity index is 114. The van der Waals surface area contributed by atoms with E-state index in [1.54, 1.807) is 0 Å². The Hall–Kier alpha value is -0.740. The Morgan fingerprint density at radius 1 is 1.00 bits per heavy atom. The number of carbonyl (C=O) groups excluding carboxylic acids is 2. The summed E-state index contributed by atoms with van der Waals surface area (Å²) in [7, 11) is 2.72. The molecule has 0 radical (unpaired) electrons. The number of ketones is 2. The van der Waals surface area contributed by atoms with Crippen molar-refractivity contribution in [2.75, 3.05) is 27.4 Å². The summed E-state index contributed by atoms with van der Waals surface area (Å²) in [5, 5.41) is 0. The third-order valence-corrected chi connectivity index (χ3v) is 0.862. The van der Waals surface area contributed by atoms with E-state index in [2.05, 4.69) is 9.47 Å². The van der Waals surface area contributed by atoms with Gasteiger partial charge in [-0.1, -0.05) is 0 Å². The molecule has 0 saturated carbocycles. The number of methoxy groups -OCH3 is 2. The lowest BCUT2D eigenvalue weighted by Crippen LogP contribution is -2.22. The fraction of sp³-hybridized carbons (Fsp3) is 0.667. The van der Waals surface area contributed by atoms with Crippen LogP contribution in [-0.2, 0) is 19.1 Å². The van der Waals surface area contributed by atoms with Crippen LogP contribution in [0.4, 0.5) is 0 Å². The molecule has 0 aliphatic carbocycles. The van der Waals surface area contributed by atoms with Crippen LogP contribution < -0.4 is 0 Å². The van der Waals surface area contributed by atoms with Gasteiger partial charge in [-0.3, -0.25) is 9.59 Å². The second-order valence-electron chi connectivity index (χ2n) is 1.71. The van der Waals surface area contributed by atoms with Crippen LogP contribution in [0, 0.1) is 0 Å². The van der Waals surface area contributed by atoms with Gasteiger partial charge in [0.1, 0.15) is 13.2 Å². The zero-order valence-corrected chi connectivity index (χ0v) is 6.05. The van der Waals surface area contributed by atoms with Gasteiger partial charge in [-0.15, -0.1) is 0 Å². The summed E-state index contributed by atoms with van der Waals surface area (Å²) in [6.07, 6.45) is 0. The topological polar surface area (TPSA) is 52.6 Å². The maximum Gasteiger partial charge on any atom is 0.226 e. The highest BCUT2D eigenvalue weighted by Gasteiger charge is 2.11. The number of rotatable bonds is 5. The number of hydrogen-bond donors (Lipinski definition) is 0. The molecule has 58 valence electrons. The van der Waals surface area contributed by atoms with Crippen LogP contribution in [0.2, 0.25) is 0 Å². The molecule has 0 aromatic rings. The molecular weight excluding hydrogens is 136 g/mol. The van der Waals surface area contributed by atoms with E-state index in [-0.39, 0.29) is 13.2 Å². The van der Waals surface area contributed by atoms with Crippen molar-refractivity contribution in [3.8, 4) is 0 Å². The monoisotopic (exact) mass is 146 g/mol. The highest BCUT2D eigenvalue weighted by atomic mass is 16.5. The van der Waals surface area contributed by atoms with Gasteiger partial charge in [-0.2, -0.15) is 0 Å². The molecule has 10 heavy (non-hydrogen) atoms. The molecule has 0 bridgehead atoms. The minimum Gasteiger partial charge on any atom is -0.376 e. The van der Waals surface area contributed by atoms with E-state index in [0.717, 1.165) is 0 Å². The van der Waals surface area contributed by atoms with Crippen LogP contribution in [0.1, 0.15) is 0 Å². The summed E-state index contributed by atoms with van der Waals surface area (Å²) in [6, 6.07) is 0. The van der Waals surface area contributed by atoms with Gasteiger partial charge in [0, 0.05) is 14.2 Å². The van der Waals surface area contributed by atoms with E-state index in [0.29, 0.717) is 0 Å². The highest BCUT2D eigenvalue weighted by Crippen LogP contribution is 1.79. The predicted molar refractivity (Wildman–Crippen MR) is 33.8 cm³/mol. The first-order valence-electron chi connectivity index (χ1n) is 2.76. The fourth-order valence-electron chi connectivity index (χ4n) is 0.423. The van der Waals surface area contributed by atoms with Crippen molar-refractivity contribution >= 4 is 11.6 Å². The fourth-order valence-corrected chi connectivity index (χ4v) is 0.423. The Labute approximate surface area is 59.1 Å². The standard InChI is InChI=1S/C6H10O4/c1-9-3-5(7)6(8)4-10-2/h3-4H2,1-2H3. The quantitative estimate of drug-likeness (QED) is 0.487. The van der Waals surface area contributed by atoms with Gasteiger partial charge < -0.3 is 9.47 Å². The van der Waals surface area contributed by atoms with Crippen molar-refractivity contribution in [3.63, 3.8) is 0 Å². The number of hydrogen-bond acceptors (Lipinski definition) is 4. The minimum absolute atomic E-state index is 0.164. The van der Waals surface area contributed by atoms with Gasteiger partial charge >= 0.3 is 0 Å². The van der Waals surface area contributed by atoms with Crippen molar-refractivity contribution in [2.24, 2.45) is 0 Å². The number of ether oxygens (including phenoxy) is 2. The summed E-state index contributed by atoms with van der Waals surface area (Å²) >= 11 is 0. The largest absolute Gasteiger partial charge is 0.376 e. The Morgan fingerprint density at radius 2 is 1.30 bits per heavy atom. The average molecular weight is 146 g/mol. The van der Waals surface area contributed by atoms with Crippen molar-refractivity contribution in [3.05, 3.63) is 0 Å². The predicted octanol–water partition coefficient (Wildman–Crippen LogP) is -0.583. The lowest BCUT2D eigenvalue weighted by Gasteiger charge is -1.95. The minimum atomic E-state index is -0.552. The molecular formula is C6H10O4. The van der Waals surface area contributed by atoms with Crippen molar-refractivity contribution in [1.29, 1.82) is 0 Å². The zero-order valence-electron chi connectivity index (χ0n) is 6.05.